The Morgan fingerprint density at radius 3 is 2.83 bits per heavy atom. The molecule has 0 bridgehead atoms. The minimum atomic E-state index is -0.256. The van der Waals surface area contributed by atoms with Crippen molar-refractivity contribution in [2.24, 2.45) is 0 Å². The van der Waals surface area contributed by atoms with Crippen molar-refractivity contribution in [2.75, 3.05) is 0 Å². The molecule has 1 unspecified atom stereocenters. The molecule has 1 atom stereocenters. The lowest BCUT2D eigenvalue weighted by atomic mass is 10.0. The average Bonchev–Trinajstić information content (AvgIpc) is 2.51. The largest absolute Gasteiger partial charge is 0.392 e. The van der Waals surface area contributed by atoms with E-state index in [1.54, 1.807) is 0 Å². The Morgan fingerprint density at radius 2 is 2.06 bits per heavy atom. The van der Waals surface area contributed by atoms with Gasteiger partial charge < -0.3 is 9.67 Å². The van der Waals surface area contributed by atoms with Crippen LogP contribution in [-0.4, -0.2) is 15.8 Å². The minimum absolute atomic E-state index is 0.256. The van der Waals surface area contributed by atoms with Crippen molar-refractivity contribution in [1.29, 1.82) is 0 Å². The van der Waals surface area contributed by atoms with E-state index in [1.165, 1.54) is 22.2 Å². The highest BCUT2D eigenvalue weighted by molar-refractivity contribution is 5.88. The Bertz CT molecular complexity index is 607. The molecule has 0 saturated carbocycles. The zero-order chi connectivity index (χ0) is 12.7. The predicted molar refractivity (Wildman–Crippen MR) is 75.7 cm³/mol. The van der Waals surface area contributed by atoms with Crippen LogP contribution in [0.5, 0.6) is 0 Å². The van der Waals surface area contributed by atoms with Gasteiger partial charge in [0.15, 0.2) is 0 Å². The van der Waals surface area contributed by atoms with Gasteiger partial charge in [0, 0.05) is 29.1 Å². The van der Waals surface area contributed by atoms with E-state index in [0.29, 0.717) is 6.04 Å². The molecule has 0 aliphatic heterocycles. The monoisotopic (exact) mass is 241 g/mol. The maximum atomic E-state index is 9.98. The smallest absolute Gasteiger partial charge is 0.0616 e. The maximum absolute atomic E-state index is 9.98. The number of para-hydroxylation sites is 1. The standard InChI is InChI=1S/C16H19NO/c1-11(2)17-15-8-4-3-7-13(15)14-10-12(18)6-5-9-16(14)17/h3-5,7-9,11-12,18H,6,10H2,1-2H3. The van der Waals surface area contributed by atoms with Gasteiger partial charge in [-0.3, -0.25) is 0 Å². The summed E-state index contributed by atoms with van der Waals surface area (Å²) in [7, 11) is 0. The Labute approximate surface area is 108 Å². The molecule has 1 N–H and O–H groups in total. The van der Waals surface area contributed by atoms with Crippen molar-refractivity contribution in [3.8, 4) is 0 Å². The third-order valence-corrected chi connectivity index (χ3v) is 3.70. The van der Waals surface area contributed by atoms with Crippen LogP contribution in [0.3, 0.4) is 0 Å². The first-order valence-electron chi connectivity index (χ1n) is 6.65. The summed E-state index contributed by atoms with van der Waals surface area (Å²) in [6, 6.07) is 8.93. The molecule has 2 nitrogen and oxygen atoms in total. The topological polar surface area (TPSA) is 25.2 Å². The summed E-state index contributed by atoms with van der Waals surface area (Å²) in [6.07, 6.45) is 5.51. The van der Waals surface area contributed by atoms with Gasteiger partial charge in [-0.2, -0.15) is 0 Å². The molecule has 1 aromatic carbocycles. The zero-order valence-electron chi connectivity index (χ0n) is 10.9. The van der Waals surface area contributed by atoms with E-state index in [4.69, 9.17) is 0 Å². The number of fused-ring (bicyclic) bond motifs is 3. The van der Waals surface area contributed by atoms with Gasteiger partial charge in [-0.25, -0.2) is 0 Å². The molecule has 2 heteroatoms. The van der Waals surface area contributed by atoms with Gasteiger partial charge in [0.05, 0.1) is 6.10 Å². The van der Waals surface area contributed by atoms with E-state index >= 15 is 0 Å². The Balaban J connectivity index is 2.36. The van der Waals surface area contributed by atoms with Crippen molar-refractivity contribution in [2.45, 2.75) is 38.8 Å². The highest BCUT2D eigenvalue weighted by Gasteiger charge is 2.20. The number of rotatable bonds is 1. The number of aromatic nitrogens is 1. The summed E-state index contributed by atoms with van der Waals surface area (Å²) in [5.41, 5.74) is 3.83. The molecule has 0 saturated heterocycles. The van der Waals surface area contributed by atoms with Gasteiger partial charge in [-0.1, -0.05) is 24.3 Å². The fourth-order valence-electron chi connectivity index (χ4n) is 2.96. The van der Waals surface area contributed by atoms with Crippen LogP contribution in [0, 0.1) is 0 Å². The number of benzene rings is 1. The van der Waals surface area contributed by atoms with Crippen LogP contribution in [0.2, 0.25) is 0 Å². The molecule has 1 aromatic heterocycles. The Kier molecular flexibility index (Phi) is 2.75. The van der Waals surface area contributed by atoms with Gasteiger partial charge in [-0.15, -0.1) is 0 Å². The number of hydrogen-bond donors (Lipinski definition) is 1. The summed E-state index contributed by atoms with van der Waals surface area (Å²) in [6.45, 7) is 4.42. The van der Waals surface area contributed by atoms with Crippen LogP contribution in [0.25, 0.3) is 17.0 Å². The quantitative estimate of drug-likeness (QED) is 0.811. The van der Waals surface area contributed by atoms with Gasteiger partial charge in [0.1, 0.15) is 0 Å². The van der Waals surface area contributed by atoms with Crippen LogP contribution in [0.4, 0.5) is 0 Å². The molecule has 0 amide bonds. The van der Waals surface area contributed by atoms with E-state index in [1.807, 2.05) is 0 Å². The van der Waals surface area contributed by atoms with Crippen LogP contribution in [0.1, 0.15) is 37.6 Å². The van der Waals surface area contributed by atoms with E-state index < -0.39 is 0 Å². The highest BCUT2D eigenvalue weighted by Crippen LogP contribution is 2.33. The minimum Gasteiger partial charge on any atom is -0.392 e. The van der Waals surface area contributed by atoms with Gasteiger partial charge in [0.25, 0.3) is 0 Å². The van der Waals surface area contributed by atoms with Crippen molar-refractivity contribution in [3.05, 3.63) is 41.6 Å². The van der Waals surface area contributed by atoms with E-state index in [0.717, 1.165) is 12.8 Å². The maximum Gasteiger partial charge on any atom is 0.0616 e. The van der Waals surface area contributed by atoms with Crippen molar-refractivity contribution in [1.82, 2.24) is 4.57 Å². The summed E-state index contributed by atoms with van der Waals surface area (Å²) in [4.78, 5) is 0. The van der Waals surface area contributed by atoms with E-state index in [-0.39, 0.29) is 6.10 Å². The van der Waals surface area contributed by atoms with Gasteiger partial charge in [0.2, 0.25) is 0 Å². The fraction of sp³-hybridized carbons (Fsp3) is 0.375. The lowest BCUT2D eigenvalue weighted by Gasteiger charge is -2.13. The first-order chi connectivity index (χ1) is 8.68. The summed E-state index contributed by atoms with van der Waals surface area (Å²) >= 11 is 0. The van der Waals surface area contributed by atoms with Crippen LogP contribution in [0.15, 0.2) is 30.3 Å². The molecular formula is C16H19NO. The molecule has 94 valence electrons. The number of nitrogens with zero attached hydrogens (tertiary/aromatic N) is 1. The molecule has 18 heavy (non-hydrogen) atoms. The molecule has 2 aromatic rings. The van der Waals surface area contributed by atoms with E-state index in [2.05, 4.69) is 54.8 Å². The SMILES string of the molecule is CC(C)n1c2c(c3ccccc31)CC(O)CC=C2. The van der Waals surface area contributed by atoms with Crippen molar-refractivity contribution >= 4 is 17.0 Å². The molecule has 3 rings (SSSR count). The third-order valence-electron chi connectivity index (χ3n) is 3.70. The first-order valence-corrected chi connectivity index (χ1v) is 6.65. The van der Waals surface area contributed by atoms with Gasteiger partial charge >= 0.3 is 0 Å². The first kappa shape index (κ1) is 11.5. The van der Waals surface area contributed by atoms with Crippen LogP contribution >= 0.6 is 0 Å². The summed E-state index contributed by atoms with van der Waals surface area (Å²) < 4.78 is 2.37. The third kappa shape index (κ3) is 1.68. The van der Waals surface area contributed by atoms with Crippen LogP contribution < -0.4 is 0 Å². The second-order valence-electron chi connectivity index (χ2n) is 5.34. The van der Waals surface area contributed by atoms with Crippen molar-refractivity contribution < 1.29 is 5.11 Å². The lowest BCUT2D eigenvalue weighted by Crippen LogP contribution is -2.08. The summed E-state index contributed by atoms with van der Waals surface area (Å²) in [5, 5.41) is 11.3. The zero-order valence-corrected chi connectivity index (χ0v) is 10.9. The molecule has 0 radical (unpaired) electrons. The lowest BCUT2D eigenvalue weighted by molar-refractivity contribution is 0.179. The average molecular weight is 241 g/mol. The van der Waals surface area contributed by atoms with Crippen molar-refractivity contribution in [3.63, 3.8) is 0 Å². The molecule has 1 aliphatic carbocycles. The number of aliphatic hydroxyl groups is 1. The number of aliphatic hydroxyl groups excluding tert-OH is 1. The normalized spacial score (nSPS) is 19.2. The second-order valence-corrected chi connectivity index (χ2v) is 5.34. The van der Waals surface area contributed by atoms with Crippen LogP contribution in [-0.2, 0) is 6.42 Å². The molecule has 1 heterocycles. The molecule has 1 aliphatic rings. The Hall–Kier alpha value is -1.54. The fourth-order valence-corrected chi connectivity index (χ4v) is 2.96. The predicted octanol–water partition coefficient (Wildman–Crippen LogP) is 3.54. The Morgan fingerprint density at radius 1 is 1.28 bits per heavy atom. The van der Waals surface area contributed by atoms with E-state index in [9.17, 15) is 5.11 Å². The highest BCUT2D eigenvalue weighted by atomic mass is 16.3. The van der Waals surface area contributed by atoms with Gasteiger partial charge in [-0.05, 0) is 38.0 Å². The molecule has 0 spiro atoms. The number of hydrogen-bond acceptors (Lipinski definition) is 1. The summed E-state index contributed by atoms with van der Waals surface area (Å²) in [5.74, 6) is 0. The molecular weight excluding hydrogens is 222 g/mol. The molecule has 0 fully saturated rings. The second kappa shape index (κ2) is 4.29.